The van der Waals surface area contributed by atoms with Gasteiger partial charge in [-0.2, -0.15) is 0 Å². The molecule has 1 heterocycles. The van der Waals surface area contributed by atoms with Crippen LogP contribution in [0.5, 0.6) is 0 Å². The molecule has 1 unspecified atom stereocenters. The first kappa shape index (κ1) is 20.3. The van der Waals surface area contributed by atoms with E-state index in [9.17, 15) is 0 Å². The van der Waals surface area contributed by atoms with Crippen LogP contribution in [0.25, 0.3) is 0 Å². The van der Waals surface area contributed by atoms with Gasteiger partial charge >= 0.3 is 0 Å². The van der Waals surface area contributed by atoms with Crippen molar-refractivity contribution in [3.05, 3.63) is 35.8 Å². The summed E-state index contributed by atoms with van der Waals surface area (Å²) < 4.78 is 5.48. The molecule has 0 bridgehead atoms. The molecule has 0 aromatic carbocycles. The Kier molecular flexibility index (Phi) is 11.7. The molecule has 1 heteroatoms. The van der Waals surface area contributed by atoms with E-state index in [1.54, 1.807) is 6.26 Å². The summed E-state index contributed by atoms with van der Waals surface area (Å²) in [5, 5.41) is 0. The average Bonchev–Trinajstić information content (AvgIpc) is 2.80. The normalized spacial score (nSPS) is 12.3. The molecule has 0 saturated carbocycles. The Bertz CT molecular complexity index is 331. The molecule has 1 nitrogen and oxygen atoms in total. The Labute approximate surface area is 121 Å². The summed E-state index contributed by atoms with van der Waals surface area (Å²) in [4.78, 5) is 0. The van der Waals surface area contributed by atoms with Gasteiger partial charge in [0, 0.05) is 6.42 Å². The van der Waals surface area contributed by atoms with Crippen LogP contribution in [0.1, 0.15) is 66.7 Å². The number of rotatable bonds is 4. The molecule has 0 aliphatic heterocycles. The smallest absolute Gasteiger partial charge is 0.106 e. The first-order valence-corrected chi connectivity index (χ1v) is 7.64. The van der Waals surface area contributed by atoms with Gasteiger partial charge in [-0.3, -0.25) is 0 Å². The molecule has 0 amide bonds. The van der Waals surface area contributed by atoms with Crippen LogP contribution in [0.4, 0.5) is 0 Å². The quantitative estimate of drug-likeness (QED) is 0.573. The zero-order chi connectivity index (χ0) is 15.5. The van der Waals surface area contributed by atoms with Crippen molar-refractivity contribution in [2.75, 3.05) is 0 Å². The molecule has 1 aromatic rings. The monoisotopic (exact) mass is 266 g/mol. The van der Waals surface area contributed by atoms with Gasteiger partial charge in [0.05, 0.1) is 6.26 Å². The summed E-state index contributed by atoms with van der Waals surface area (Å²) in [7, 11) is 0. The van der Waals surface area contributed by atoms with Crippen molar-refractivity contribution >= 4 is 0 Å². The zero-order valence-corrected chi connectivity index (χ0v) is 14.5. The van der Waals surface area contributed by atoms with E-state index in [4.69, 9.17) is 4.42 Å². The van der Waals surface area contributed by atoms with Crippen molar-refractivity contribution in [2.45, 2.75) is 68.7 Å². The van der Waals surface area contributed by atoms with Gasteiger partial charge < -0.3 is 4.42 Å². The molecule has 0 fully saturated rings. The molecule has 0 N–H and O–H groups in total. The van der Waals surface area contributed by atoms with Crippen molar-refractivity contribution in [3.63, 3.8) is 0 Å². The van der Waals surface area contributed by atoms with Gasteiger partial charge in [0.25, 0.3) is 0 Å². The van der Waals surface area contributed by atoms with E-state index in [2.05, 4.69) is 46.8 Å². The molecule has 1 rings (SSSR count). The number of hydrogen-bond donors (Lipinski definition) is 0. The lowest BCUT2D eigenvalue weighted by Crippen LogP contribution is -2.21. The number of hydrogen-bond acceptors (Lipinski definition) is 1. The lowest BCUT2D eigenvalue weighted by molar-refractivity contribution is 0.287. The van der Waals surface area contributed by atoms with E-state index >= 15 is 0 Å². The van der Waals surface area contributed by atoms with Gasteiger partial charge in [0.1, 0.15) is 5.76 Å². The first-order chi connectivity index (χ1) is 8.97. The Hall–Kier alpha value is -0.980. The molecule has 0 aliphatic rings. The van der Waals surface area contributed by atoms with Crippen molar-refractivity contribution in [1.29, 1.82) is 0 Å². The number of furan rings is 1. The van der Waals surface area contributed by atoms with E-state index in [1.165, 1.54) is 5.56 Å². The highest BCUT2D eigenvalue weighted by atomic mass is 16.3. The van der Waals surface area contributed by atoms with E-state index in [0.717, 1.165) is 12.2 Å². The van der Waals surface area contributed by atoms with Crippen LogP contribution >= 0.6 is 0 Å². The molecular formula is C18H34O. The van der Waals surface area contributed by atoms with Crippen molar-refractivity contribution in [2.24, 2.45) is 11.3 Å². The second-order valence-corrected chi connectivity index (χ2v) is 4.95. The lowest BCUT2D eigenvalue weighted by Gasteiger charge is -2.28. The second kappa shape index (κ2) is 10.9. The third kappa shape index (κ3) is 7.25. The fraction of sp³-hybridized carbons (Fsp3) is 0.667. The molecule has 112 valence electrons. The zero-order valence-electron chi connectivity index (χ0n) is 14.5. The van der Waals surface area contributed by atoms with Gasteiger partial charge in [-0.05, 0) is 36.8 Å². The highest BCUT2D eigenvalue weighted by molar-refractivity contribution is 5.15. The van der Waals surface area contributed by atoms with E-state index in [-0.39, 0.29) is 5.41 Å². The van der Waals surface area contributed by atoms with Gasteiger partial charge in [0.2, 0.25) is 0 Å². The minimum Gasteiger partial charge on any atom is -0.469 e. The molecule has 0 saturated heterocycles. The maximum Gasteiger partial charge on any atom is 0.106 e. The fourth-order valence-corrected chi connectivity index (χ4v) is 1.75. The molecule has 1 aromatic heterocycles. The summed E-state index contributed by atoms with van der Waals surface area (Å²) in [5.41, 5.74) is 1.49. The summed E-state index contributed by atoms with van der Waals surface area (Å²) >= 11 is 0. The van der Waals surface area contributed by atoms with Crippen LogP contribution in [-0.4, -0.2) is 0 Å². The predicted molar refractivity (Wildman–Crippen MR) is 87.6 cm³/mol. The lowest BCUT2D eigenvalue weighted by atomic mass is 9.77. The Balaban J connectivity index is 0. The third-order valence-electron chi connectivity index (χ3n) is 3.33. The molecule has 19 heavy (non-hydrogen) atoms. The van der Waals surface area contributed by atoms with Crippen LogP contribution in [0.2, 0.25) is 0 Å². The molecule has 0 aliphatic carbocycles. The Morgan fingerprint density at radius 3 is 2.11 bits per heavy atom. The van der Waals surface area contributed by atoms with Gasteiger partial charge in [-0.1, -0.05) is 60.6 Å². The standard InChI is InChI=1S/C14H22O.2C2H6/c1-6-8-14(4,5)12(3)10-13-11(2)7-9-15-13;2*1-2/h6-9,12H,10H2,1-5H3;2*1-2H3/b8-6-;;. The second-order valence-electron chi connectivity index (χ2n) is 4.95. The summed E-state index contributed by atoms with van der Waals surface area (Å²) in [5.74, 6) is 1.71. The fourth-order valence-electron chi connectivity index (χ4n) is 1.75. The maximum atomic E-state index is 5.48. The van der Waals surface area contributed by atoms with Crippen LogP contribution < -0.4 is 0 Å². The van der Waals surface area contributed by atoms with Crippen LogP contribution in [0, 0.1) is 18.3 Å². The van der Waals surface area contributed by atoms with E-state index < -0.39 is 0 Å². The topological polar surface area (TPSA) is 13.1 Å². The highest BCUT2D eigenvalue weighted by Crippen LogP contribution is 2.31. The number of aryl methyl sites for hydroxylation is 1. The Morgan fingerprint density at radius 1 is 1.21 bits per heavy atom. The van der Waals surface area contributed by atoms with Crippen LogP contribution in [0.3, 0.4) is 0 Å². The van der Waals surface area contributed by atoms with E-state index in [1.807, 2.05) is 33.8 Å². The van der Waals surface area contributed by atoms with Crippen LogP contribution in [-0.2, 0) is 6.42 Å². The summed E-state index contributed by atoms with van der Waals surface area (Å²) in [6.07, 6.45) is 7.19. The molecular weight excluding hydrogens is 232 g/mol. The molecule has 0 radical (unpaired) electrons. The summed E-state index contributed by atoms with van der Waals surface area (Å²) in [6.45, 7) is 19.0. The molecule has 0 spiro atoms. The van der Waals surface area contributed by atoms with E-state index in [0.29, 0.717) is 5.92 Å². The predicted octanol–water partition coefficient (Wildman–Crippen LogP) is 6.42. The van der Waals surface area contributed by atoms with Gasteiger partial charge in [-0.25, -0.2) is 0 Å². The highest BCUT2D eigenvalue weighted by Gasteiger charge is 2.24. The maximum absolute atomic E-state index is 5.48. The van der Waals surface area contributed by atoms with Gasteiger partial charge in [-0.15, -0.1) is 0 Å². The minimum absolute atomic E-state index is 0.230. The SMILES string of the molecule is C/C=C\C(C)(C)C(C)Cc1occc1C.CC.CC. The number of allylic oxidation sites excluding steroid dienone is 2. The van der Waals surface area contributed by atoms with Crippen molar-refractivity contribution in [1.82, 2.24) is 0 Å². The van der Waals surface area contributed by atoms with Crippen LogP contribution in [0.15, 0.2) is 28.9 Å². The third-order valence-corrected chi connectivity index (χ3v) is 3.33. The minimum atomic E-state index is 0.230. The van der Waals surface area contributed by atoms with Crippen molar-refractivity contribution in [3.8, 4) is 0 Å². The Morgan fingerprint density at radius 2 is 1.74 bits per heavy atom. The first-order valence-electron chi connectivity index (χ1n) is 7.64. The molecule has 1 atom stereocenters. The van der Waals surface area contributed by atoms with Gasteiger partial charge in [0.15, 0.2) is 0 Å². The van der Waals surface area contributed by atoms with Crippen molar-refractivity contribution < 1.29 is 4.42 Å². The largest absolute Gasteiger partial charge is 0.469 e. The average molecular weight is 266 g/mol. The summed E-state index contributed by atoms with van der Waals surface area (Å²) in [6, 6.07) is 2.03.